The maximum atomic E-state index is 11.8. The van der Waals surface area contributed by atoms with Gasteiger partial charge in [-0.15, -0.1) is 0 Å². The summed E-state index contributed by atoms with van der Waals surface area (Å²) in [5.74, 6) is 0.171. The van der Waals surface area contributed by atoms with Gasteiger partial charge >= 0.3 is 5.97 Å². The normalized spacial score (nSPS) is 10.7. The van der Waals surface area contributed by atoms with Crippen LogP contribution >= 0.6 is 0 Å². The first-order chi connectivity index (χ1) is 7.65. The second kappa shape index (κ2) is 3.92. The molecule has 0 bridgehead atoms. The Kier molecular flexibility index (Phi) is 2.60. The minimum absolute atomic E-state index is 0.352. The van der Waals surface area contributed by atoms with Crippen molar-refractivity contribution >= 4 is 11.7 Å². The number of aromatic nitrogens is 3. The van der Waals surface area contributed by atoms with Crippen molar-refractivity contribution in [3.8, 4) is 0 Å². The number of rotatable bonds is 2. The minimum atomic E-state index is -0.358. The van der Waals surface area contributed by atoms with E-state index < -0.39 is 0 Å². The van der Waals surface area contributed by atoms with Crippen LogP contribution in [0.15, 0.2) is 12.3 Å². The van der Waals surface area contributed by atoms with Gasteiger partial charge in [0, 0.05) is 11.9 Å². The second-order valence-corrected chi connectivity index (χ2v) is 3.49. The van der Waals surface area contributed by atoms with Gasteiger partial charge in [-0.2, -0.15) is 0 Å². The van der Waals surface area contributed by atoms with E-state index in [4.69, 9.17) is 4.74 Å². The molecule has 0 aliphatic rings. The van der Waals surface area contributed by atoms with Crippen molar-refractivity contribution in [3.05, 3.63) is 29.3 Å². The molecule has 0 saturated carbocycles. The topological polar surface area (TPSA) is 56.5 Å². The number of nitrogens with zero attached hydrogens (tertiary/aromatic N) is 3. The zero-order valence-electron chi connectivity index (χ0n) is 9.52. The number of carbonyl (C=O) groups is 1. The molecule has 0 amide bonds. The van der Waals surface area contributed by atoms with Crippen LogP contribution in [0.25, 0.3) is 5.78 Å². The number of fused-ring (bicyclic) bond motifs is 1. The molecule has 0 spiro atoms. The van der Waals surface area contributed by atoms with Gasteiger partial charge in [0.25, 0.3) is 0 Å². The number of esters is 1. The first kappa shape index (κ1) is 10.6. The van der Waals surface area contributed by atoms with Gasteiger partial charge in [0.2, 0.25) is 5.78 Å². The molecule has 2 rings (SSSR count). The van der Waals surface area contributed by atoms with Gasteiger partial charge in [-0.3, -0.25) is 4.40 Å². The molecule has 84 valence electrons. The number of aryl methyl sites for hydroxylation is 2. The molecule has 0 radical (unpaired) electrons. The first-order valence-electron chi connectivity index (χ1n) is 5.13. The second-order valence-electron chi connectivity index (χ2n) is 3.49. The number of hydrogen-bond donors (Lipinski definition) is 0. The Balaban J connectivity index is 2.68. The molecule has 0 unspecified atom stereocenters. The zero-order chi connectivity index (χ0) is 11.7. The van der Waals surface area contributed by atoms with E-state index in [0.717, 1.165) is 5.69 Å². The molecule has 5 nitrogen and oxygen atoms in total. The largest absolute Gasteiger partial charge is 0.461 e. The van der Waals surface area contributed by atoms with Crippen LogP contribution in [0, 0.1) is 13.8 Å². The van der Waals surface area contributed by atoms with E-state index in [9.17, 15) is 4.79 Å². The standard InChI is InChI=1S/C11H13N3O2/c1-4-16-10(15)9-8(3)13-11-12-6-5-7(2)14(9)11/h5-6H,4H2,1-3H3. The van der Waals surface area contributed by atoms with Gasteiger partial charge < -0.3 is 4.74 Å². The van der Waals surface area contributed by atoms with Crippen molar-refractivity contribution in [1.82, 2.24) is 14.4 Å². The number of imidazole rings is 1. The maximum Gasteiger partial charge on any atom is 0.357 e. The van der Waals surface area contributed by atoms with Crippen molar-refractivity contribution in [2.45, 2.75) is 20.8 Å². The van der Waals surface area contributed by atoms with Crippen molar-refractivity contribution in [2.24, 2.45) is 0 Å². The van der Waals surface area contributed by atoms with E-state index in [1.807, 2.05) is 13.0 Å². The Hall–Kier alpha value is -1.91. The summed E-state index contributed by atoms with van der Waals surface area (Å²) in [5, 5.41) is 0. The van der Waals surface area contributed by atoms with Crippen LogP contribution in [-0.2, 0) is 4.74 Å². The lowest BCUT2D eigenvalue weighted by atomic mass is 10.3. The molecule has 0 atom stereocenters. The summed E-state index contributed by atoms with van der Waals surface area (Å²) in [4.78, 5) is 20.1. The lowest BCUT2D eigenvalue weighted by Gasteiger charge is -2.04. The molecule has 0 fully saturated rings. The average molecular weight is 219 g/mol. The third-order valence-corrected chi connectivity index (χ3v) is 2.36. The molecule has 2 aromatic heterocycles. The summed E-state index contributed by atoms with van der Waals surface area (Å²) in [7, 11) is 0. The highest BCUT2D eigenvalue weighted by Crippen LogP contribution is 2.13. The molecule has 0 N–H and O–H groups in total. The Morgan fingerprint density at radius 2 is 2.25 bits per heavy atom. The van der Waals surface area contributed by atoms with Gasteiger partial charge in [-0.1, -0.05) is 0 Å². The summed E-state index contributed by atoms with van der Waals surface area (Å²) >= 11 is 0. The van der Waals surface area contributed by atoms with Crippen LogP contribution in [0.3, 0.4) is 0 Å². The maximum absolute atomic E-state index is 11.8. The fraction of sp³-hybridized carbons (Fsp3) is 0.364. The van der Waals surface area contributed by atoms with Gasteiger partial charge in [0.05, 0.1) is 12.3 Å². The van der Waals surface area contributed by atoms with E-state index >= 15 is 0 Å². The van der Waals surface area contributed by atoms with Crippen LogP contribution < -0.4 is 0 Å². The lowest BCUT2D eigenvalue weighted by molar-refractivity contribution is 0.0517. The van der Waals surface area contributed by atoms with E-state index in [-0.39, 0.29) is 5.97 Å². The monoisotopic (exact) mass is 219 g/mol. The van der Waals surface area contributed by atoms with Crippen LogP contribution in [0.4, 0.5) is 0 Å². The smallest absolute Gasteiger partial charge is 0.357 e. The fourth-order valence-corrected chi connectivity index (χ4v) is 1.66. The summed E-state index contributed by atoms with van der Waals surface area (Å²) < 4.78 is 6.72. The minimum Gasteiger partial charge on any atom is -0.461 e. The molecular formula is C11H13N3O2. The third kappa shape index (κ3) is 1.54. The van der Waals surface area contributed by atoms with E-state index in [1.165, 1.54) is 0 Å². The Bertz CT molecular complexity index is 545. The van der Waals surface area contributed by atoms with E-state index in [2.05, 4.69) is 9.97 Å². The highest BCUT2D eigenvalue weighted by Gasteiger charge is 2.19. The van der Waals surface area contributed by atoms with Gasteiger partial charge in [0.1, 0.15) is 0 Å². The summed E-state index contributed by atoms with van der Waals surface area (Å²) in [5.41, 5.74) is 2.01. The van der Waals surface area contributed by atoms with E-state index in [1.54, 1.807) is 24.4 Å². The summed E-state index contributed by atoms with van der Waals surface area (Å²) in [6.07, 6.45) is 1.67. The zero-order valence-corrected chi connectivity index (χ0v) is 9.52. The Morgan fingerprint density at radius 1 is 1.50 bits per heavy atom. The van der Waals surface area contributed by atoms with E-state index in [0.29, 0.717) is 23.8 Å². The molecule has 0 aromatic carbocycles. The molecule has 0 aliphatic carbocycles. The summed E-state index contributed by atoms with van der Waals surface area (Å²) in [6, 6.07) is 1.83. The van der Waals surface area contributed by atoms with Crippen molar-refractivity contribution < 1.29 is 9.53 Å². The predicted molar refractivity (Wildman–Crippen MR) is 58.4 cm³/mol. The molecule has 0 aliphatic heterocycles. The molecule has 0 saturated heterocycles. The van der Waals surface area contributed by atoms with Crippen LogP contribution in [0.2, 0.25) is 0 Å². The lowest BCUT2D eigenvalue weighted by Crippen LogP contribution is -2.11. The van der Waals surface area contributed by atoms with Crippen molar-refractivity contribution in [3.63, 3.8) is 0 Å². The van der Waals surface area contributed by atoms with Crippen molar-refractivity contribution in [1.29, 1.82) is 0 Å². The highest BCUT2D eigenvalue weighted by molar-refractivity contribution is 5.89. The van der Waals surface area contributed by atoms with Gasteiger partial charge in [-0.25, -0.2) is 14.8 Å². The van der Waals surface area contributed by atoms with Crippen molar-refractivity contribution in [2.75, 3.05) is 6.61 Å². The molecule has 16 heavy (non-hydrogen) atoms. The number of ether oxygens (including phenoxy) is 1. The van der Waals surface area contributed by atoms with Gasteiger partial charge in [-0.05, 0) is 26.8 Å². The summed E-state index contributed by atoms with van der Waals surface area (Å²) in [6.45, 7) is 5.81. The third-order valence-electron chi connectivity index (χ3n) is 2.36. The molecule has 2 heterocycles. The quantitative estimate of drug-likeness (QED) is 0.718. The van der Waals surface area contributed by atoms with Crippen LogP contribution in [0.1, 0.15) is 28.8 Å². The van der Waals surface area contributed by atoms with Gasteiger partial charge in [0.15, 0.2) is 5.69 Å². The van der Waals surface area contributed by atoms with Crippen LogP contribution in [0.5, 0.6) is 0 Å². The number of carbonyl (C=O) groups excluding carboxylic acids is 1. The SMILES string of the molecule is CCOC(=O)c1c(C)nc2nccc(C)n12. The predicted octanol–water partition coefficient (Wildman–Crippen LogP) is 1.52. The molecule has 2 aromatic rings. The Labute approximate surface area is 93.1 Å². The highest BCUT2D eigenvalue weighted by atomic mass is 16.5. The van der Waals surface area contributed by atoms with Crippen LogP contribution in [-0.4, -0.2) is 26.9 Å². The average Bonchev–Trinajstić information content (AvgIpc) is 2.56. The Morgan fingerprint density at radius 3 is 2.94 bits per heavy atom. The first-order valence-corrected chi connectivity index (χ1v) is 5.13. The molecular weight excluding hydrogens is 206 g/mol. The molecule has 5 heteroatoms. The number of hydrogen-bond acceptors (Lipinski definition) is 4. The fourth-order valence-electron chi connectivity index (χ4n) is 1.66.